The Morgan fingerprint density at radius 3 is 2.41 bits per heavy atom. The van der Waals surface area contributed by atoms with Crippen LogP contribution in [0, 0.1) is 5.41 Å². The van der Waals surface area contributed by atoms with Gasteiger partial charge in [0, 0.05) is 13.1 Å². The minimum atomic E-state index is -0.841. The van der Waals surface area contributed by atoms with Crippen molar-refractivity contribution in [2.24, 2.45) is 5.41 Å². The molecular formula is C11H18N2O4. The Morgan fingerprint density at radius 2 is 2.00 bits per heavy atom. The zero-order valence-electron chi connectivity index (χ0n) is 9.90. The van der Waals surface area contributed by atoms with E-state index < -0.39 is 17.0 Å². The van der Waals surface area contributed by atoms with Crippen molar-refractivity contribution < 1.29 is 19.8 Å². The number of nitrogens with zero attached hydrogens (tertiary/aromatic N) is 1. The standard InChI is InChI=1S/C11H18N2O4/c1-10(17)4-5-13(7-10)9(16)12-6-11(2-3-11)8(14)15/h17H,2-7H2,1H3,(H,12,16)(H,14,15). The largest absolute Gasteiger partial charge is 0.481 e. The quantitative estimate of drug-likeness (QED) is 0.650. The van der Waals surface area contributed by atoms with Crippen LogP contribution in [-0.4, -0.2) is 52.3 Å². The summed E-state index contributed by atoms with van der Waals surface area (Å²) in [5.74, 6) is -0.841. The van der Waals surface area contributed by atoms with Crippen LogP contribution in [0.25, 0.3) is 0 Å². The second-order valence-corrected chi connectivity index (χ2v) is 5.41. The first-order valence-electron chi connectivity index (χ1n) is 5.83. The Labute approximate surface area is 99.6 Å². The molecular weight excluding hydrogens is 224 g/mol. The Hall–Kier alpha value is -1.30. The van der Waals surface area contributed by atoms with Gasteiger partial charge in [-0.05, 0) is 26.2 Å². The van der Waals surface area contributed by atoms with Crippen LogP contribution in [0.1, 0.15) is 26.2 Å². The number of carboxylic acid groups (broad SMARTS) is 1. The molecule has 1 aliphatic heterocycles. The molecule has 0 aromatic rings. The average Bonchev–Trinajstić information content (AvgIpc) is 2.95. The number of aliphatic carboxylic acids is 1. The number of likely N-dealkylation sites (tertiary alicyclic amines) is 1. The lowest BCUT2D eigenvalue weighted by atomic mass is 10.1. The van der Waals surface area contributed by atoms with Crippen LogP contribution in [0.5, 0.6) is 0 Å². The summed E-state index contributed by atoms with van der Waals surface area (Å²) in [6.45, 7) is 2.69. The van der Waals surface area contributed by atoms with Gasteiger partial charge in [-0.1, -0.05) is 0 Å². The maximum Gasteiger partial charge on any atom is 0.317 e. The molecule has 96 valence electrons. The fourth-order valence-corrected chi connectivity index (χ4v) is 2.09. The van der Waals surface area contributed by atoms with Gasteiger partial charge in [-0.2, -0.15) is 0 Å². The van der Waals surface area contributed by atoms with Crippen LogP contribution in [0.3, 0.4) is 0 Å². The average molecular weight is 242 g/mol. The molecule has 0 bridgehead atoms. The lowest BCUT2D eigenvalue weighted by molar-refractivity contribution is -0.143. The molecule has 0 aromatic heterocycles. The van der Waals surface area contributed by atoms with Crippen LogP contribution >= 0.6 is 0 Å². The summed E-state index contributed by atoms with van der Waals surface area (Å²) in [6.07, 6.45) is 1.81. The van der Waals surface area contributed by atoms with Crippen molar-refractivity contribution in [1.29, 1.82) is 0 Å². The molecule has 1 saturated heterocycles. The Morgan fingerprint density at radius 1 is 1.35 bits per heavy atom. The number of urea groups is 1. The highest BCUT2D eigenvalue weighted by Gasteiger charge is 2.50. The van der Waals surface area contributed by atoms with E-state index in [0.717, 1.165) is 0 Å². The van der Waals surface area contributed by atoms with Crippen molar-refractivity contribution in [2.45, 2.75) is 31.8 Å². The van der Waals surface area contributed by atoms with Crippen LogP contribution in [0.4, 0.5) is 4.79 Å². The van der Waals surface area contributed by atoms with E-state index in [1.807, 2.05) is 0 Å². The molecule has 1 saturated carbocycles. The van der Waals surface area contributed by atoms with Crippen molar-refractivity contribution in [3.8, 4) is 0 Å². The van der Waals surface area contributed by atoms with E-state index >= 15 is 0 Å². The fourth-order valence-electron chi connectivity index (χ4n) is 2.09. The van der Waals surface area contributed by atoms with Crippen molar-refractivity contribution >= 4 is 12.0 Å². The predicted molar refractivity (Wildman–Crippen MR) is 59.5 cm³/mol. The van der Waals surface area contributed by atoms with Gasteiger partial charge in [-0.15, -0.1) is 0 Å². The first-order chi connectivity index (χ1) is 7.85. The van der Waals surface area contributed by atoms with E-state index in [4.69, 9.17) is 5.11 Å². The minimum Gasteiger partial charge on any atom is -0.481 e. The molecule has 2 amide bonds. The number of carbonyl (C=O) groups is 2. The van der Waals surface area contributed by atoms with Crippen LogP contribution in [0.2, 0.25) is 0 Å². The first kappa shape index (κ1) is 12.2. The van der Waals surface area contributed by atoms with Crippen molar-refractivity contribution in [3.63, 3.8) is 0 Å². The molecule has 1 aliphatic carbocycles. The molecule has 0 spiro atoms. The third-order valence-corrected chi connectivity index (χ3v) is 3.62. The Kier molecular flexibility index (Phi) is 2.77. The monoisotopic (exact) mass is 242 g/mol. The Bertz CT molecular complexity index is 349. The van der Waals surface area contributed by atoms with Gasteiger partial charge < -0.3 is 20.4 Å². The van der Waals surface area contributed by atoms with Crippen LogP contribution < -0.4 is 5.32 Å². The summed E-state index contributed by atoms with van der Waals surface area (Å²) in [6, 6.07) is -0.282. The van der Waals surface area contributed by atoms with Gasteiger partial charge in [-0.3, -0.25) is 4.79 Å². The number of aliphatic hydroxyl groups is 1. The summed E-state index contributed by atoms with van der Waals surface area (Å²) in [7, 11) is 0. The van der Waals surface area contributed by atoms with E-state index in [2.05, 4.69) is 5.32 Å². The zero-order chi connectivity index (χ0) is 12.7. The summed E-state index contributed by atoms with van der Waals surface area (Å²) in [4.78, 5) is 24.2. The molecule has 1 atom stereocenters. The van der Waals surface area contributed by atoms with Crippen molar-refractivity contribution in [2.75, 3.05) is 19.6 Å². The highest BCUT2D eigenvalue weighted by molar-refractivity contribution is 5.80. The molecule has 6 nitrogen and oxygen atoms in total. The molecule has 2 fully saturated rings. The predicted octanol–water partition coefficient (Wildman–Crippen LogP) is 0.0175. The topological polar surface area (TPSA) is 89.9 Å². The summed E-state index contributed by atoms with van der Waals surface area (Å²) < 4.78 is 0. The molecule has 0 radical (unpaired) electrons. The smallest absolute Gasteiger partial charge is 0.317 e. The molecule has 3 N–H and O–H groups in total. The lowest BCUT2D eigenvalue weighted by Gasteiger charge is -2.20. The number of rotatable bonds is 3. The number of nitrogens with one attached hydrogen (secondary N) is 1. The second kappa shape index (κ2) is 3.87. The van der Waals surface area contributed by atoms with E-state index in [1.54, 1.807) is 6.92 Å². The third kappa shape index (κ3) is 2.52. The fraction of sp³-hybridized carbons (Fsp3) is 0.818. The number of amides is 2. The van der Waals surface area contributed by atoms with Crippen molar-refractivity contribution in [3.05, 3.63) is 0 Å². The first-order valence-corrected chi connectivity index (χ1v) is 5.83. The second-order valence-electron chi connectivity index (χ2n) is 5.41. The van der Waals surface area contributed by atoms with Gasteiger partial charge >= 0.3 is 12.0 Å². The van der Waals surface area contributed by atoms with Gasteiger partial charge in [-0.25, -0.2) is 4.79 Å². The van der Waals surface area contributed by atoms with E-state index in [0.29, 0.717) is 32.4 Å². The van der Waals surface area contributed by atoms with Crippen LogP contribution in [-0.2, 0) is 4.79 Å². The highest BCUT2D eigenvalue weighted by Crippen LogP contribution is 2.45. The summed E-state index contributed by atoms with van der Waals surface area (Å²) >= 11 is 0. The van der Waals surface area contributed by atoms with Gasteiger partial charge in [0.25, 0.3) is 0 Å². The number of hydrogen-bond acceptors (Lipinski definition) is 3. The van der Waals surface area contributed by atoms with Crippen molar-refractivity contribution in [1.82, 2.24) is 10.2 Å². The molecule has 6 heteroatoms. The highest BCUT2D eigenvalue weighted by atomic mass is 16.4. The molecule has 0 aromatic carbocycles. The van der Waals surface area contributed by atoms with Gasteiger partial charge in [0.15, 0.2) is 0 Å². The number of carbonyl (C=O) groups excluding carboxylic acids is 1. The molecule has 1 heterocycles. The third-order valence-electron chi connectivity index (χ3n) is 3.62. The minimum absolute atomic E-state index is 0.180. The van der Waals surface area contributed by atoms with Gasteiger partial charge in [0.05, 0.1) is 17.6 Å². The van der Waals surface area contributed by atoms with Crippen LogP contribution in [0.15, 0.2) is 0 Å². The SMILES string of the molecule is CC1(O)CCN(C(=O)NCC2(C(=O)O)CC2)C1. The normalized spacial score (nSPS) is 30.1. The van der Waals surface area contributed by atoms with E-state index in [-0.39, 0.29) is 12.6 Å². The molecule has 1 unspecified atom stereocenters. The number of hydrogen-bond donors (Lipinski definition) is 3. The summed E-state index contributed by atoms with van der Waals surface area (Å²) in [5.41, 5.74) is -1.56. The van der Waals surface area contributed by atoms with Gasteiger partial charge in [0.1, 0.15) is 0 Å². The Balaban J connectivity index is 1.81. The number of β-amino-alcohol motifs (C(OH)–C–C–N with tert-alkyl or cyclic N) is 1. The molecule has 2 aliphatic rings. The van der Waals surface area contributed by atoms with E-state index in [9.17, 15) is 14.7 Å². The lowest BCUT2D eigenvalue weighted by Crippen LogP contribution is -2.43. The molecule has 2 rings (SSSR count). The van der Waals surface area contributed by atoms with E-state index in [1.165, 1.54) is 4.90 Å². The van der Waals surface area contributed by atoms with Gasteiger partial charge in [0.2, 0.25) is 0 Å². The maximum absolute atomic E-state index is 11.7. The maximum atomic E-state index is 11.7. The zero-order valence-corrected chi connectivity index (χ0v) is 9.90. The number of carboxylic acids is 1. The molecule has 17 heavy (non-hydrogen) atoms. The summed E-state index contributed by atoms with van der Waals surface area (Å²) in [5, 5.41) is 21.3.